The van der Waals surface area contributed by atoms with Crippen molar-refractivity contribution in [1.82, 2.24) is 4.90 Å². The van der Waals surface area contributed by atoms with Crippen LogP contribution in [0.15, 0.2) is 78.4 Å². The number of rotatable bonds is 5. The molecule has 5 heteroatoms. The normalized spacial score (nSPS) is 20.9. The van der Waals surface area contributed by atoms with E-state index < -0.39 is 17.7 Å². The Kier molecular flexibility index (Phi) is 5.93. The highest BCUT2D eigenvalue weighted by molar-refractivity contribution is 6.46. The van der Waals surface area contributed by atoms with Gasteiger partial charge >= 0.3 is 0 Å². The minimum atomic E-state index is -0.681. The SMILES string of the molecule is CC(C)c1ccc([C@@H]2/C(=C(\O)c3ccc4c(c3)C[C@@H](C)O4)C(=O)C(=O)N2Cc2ccccc2)cc1. The fourth-order valence-electron chi connectivity index (χ4n) is 4.96. The molecule has 2 atom stereocenters. The Morgan fingerprint density at radius 1 is 1.03 bits per heavy atom. The summed E-state index contributed by atoms with van der Waals surface area (Å²) in [6.45, 7) is 6.51. The Balaban J connectivity index is 1.62. The van der Waals surface area contributed by atoms with Gasteiger partial charge in [0, 0.05) is 18.5 Å². The third-order valence-corrected chi connectivity index (χ3v) is 6.82. The number of aliphatic hydroxyl groups is 1. The van der Waals surface area contributed by atoms with Crippen molar-refractivity contribution in [3.05, 3.63) is 106 Å². The summed E-state index contributed by atoms with van der Waals surface area (Å²) >= 11 is 0. The van der Waals surface area contributed by atoms with Gasteiger partial charge in [-0.1, -0.05) is 68.4 Å². The summed E-state index contributed by atoms with van der Waals surface area (Å²) in [5.41, 5.74) is 4.50. The van der Waals surface area contributed by atoms with E-state index in [1.807, 2.05) is 73.7 Å². The topological polar surface area (TPSA) is 66.8 Å². The zero-order valence-electron chi connectivity index (χ0n) is 20.2. The van der Waals surface area contributed by atoms with Crippen molar-refractivity contribution in [2.75, 3.05) is 0 Å². The van der Waals surface area contributed by atoms with Crippen LogP contribution in [0.25, 0.3) is 5.76 Å². The Bertz CT molecular complexity index is 1310. The fourth-order valence-corrected chi connectivity index (χ4v) is 4.96. The van der Waals surface area contributed by atoms with E-state index in [0.717, 1.165) is 28.9 Å². The largest absolute Gasteiger partial charge is 0.507 e. The molecular formula is C30H29NO4. The lowest BCUT2D eigenvalue weighted by atomic mass is 9.92. The number of amides is 1. The predicted molar refractivity (Wildman–Crippen MR) is 135 cm³/mol. The van der Waals surface area contributed by atoms with Crippen LogP contribution in [0.1, 0.15) is 60.5 Å². The number of carbonyl (C=O) groups excluding carboxylic acids is 2. The van der Waals surface area contributed by atoms with Crippen molar-refractivity contribution in [3.8, 4) is 5.75 Å². The second-order valence-electron chi connectivity index (χ2n) is 9.69. The van der Waals surface area contributed by atoms with Crippen molar-refractivity contribution >= 4 is 17.4 Å². The van der Waals surface area contributed by atoms with E-state index in [1.165, 1.54) is 5.56 Å². The van der Waals surface area contributed by atoms with Crippen molar-refractivity contribution in [3.63, 3.8) is 0 Å². The molecule has 2 aliphatic heterocycles. The van der Waals surface area contributed by atoms with E-state index in [-0.39, 0.29) is 24.0 Å². The first-order chi connectivity index (χ1) is 16.8. The molecule has 35 heavy (non-hydrogen) atoms. The number of ether oxygens (including phenoxy) is 1. The number of Topliss-reactive ketones (excluding diaryl/α,β-unsaturated/α-hetero) is 1. The third-order valence-electron chi connectivity index (χ3n) is 6.82. The van der Waals surface area contributed by atoms with Crippen LogP contribution in [0.4, 0.5) is 0 Å². The van der Waals surface area contributed by atoms with Crippen molar-refractivity contribution in [2.45, 2.75) is 51.8 Å². The molecule has 0 bridgehead atoms. The maximum atomic E-state index is 13.3. The molecule has 178 valence electrons. The van der Waals surface area contributed by atoms with E-state index >= 15 is 0 Å². The maximum absolute atomic E-state index is 13.3. The fraction of sp³-hybridized carbons (Fsp3) is 0.267. The number of aliphatic hydroxyl groups excluding tert-OH is 1. The van der Waals surface area contributed by atoms with Crippen LogP contribution in [0.3, 0.4) is 0 Å². The summed E-state index contributed by atoms with van der Waals surface area (Å²) < 4.78 is 5.78. The summed E-state index contributed by atoms with van der Waals surface area (Å²) in [7, 11) is 0. The summed E-state index contributed by atoms with van der Waals surface area (Å²) in [6, 6.07) is 22.3. The quantitative estimate of drug-likeness (QED) is 0.295. The number of ketones is 1. The molecule has 0 unspecified atom stereocenters. The van der Waals surface area contributed by atoms with Crippen LogP contribution >= 0.6 is 0 Å². The van der Waals surface area contributed by atoms with Gasteiger partial charge in [-0.2, -0.15) is 0 Å². The molecule has 2 aliphatic rings. The molecule has 1 N–H and O–H groups in total. The van der Waals surface area contributed by atoms with Gasteiger partial charge in [0.1, 0.15) is 17.6 Å². The molecule has 1 saturated heterocycles. The van der Waals surface area contributed by atoms with Gasteiger partial charge in [0.05, 0.1) is 11.6 Å². The lowest BCUT2D eigenvalue weighted by molar-refractivity contribution is -0.140. The number of likely N-dealkylation sites (tertiary alicyclic amines) is 1. The Labute approximate surface area is 205 Å². The van der Waals surface area contributed by atoms with Crippen LogP contribution in [0.2, 0.25) is 0 Å². The predicted octanol–water partition coefficient (Wildman–Crippen LogP) is 5.76. The number of hydrogen-bond donors (Lipinski definition) is 1. The Morgan fingerprint density at radius 2 is 1.74 bits per heavy atom. The molecule has 1 fully saturated rings. The van der Waals surface area contributed by atoms with E-state index in [0.29, 0.717) is 11.5 Å². The molecule has 0 spiro atoms. The van der Waals surface area contributed by atoms with Gasteiger partial charge in [-0.05, 0) is 53.3 Å². The van der Waals surface area contributed by atoms with Crippen LogP contribution in [-0.2, 0) is 22.6 Å². The van der Waals surface area contributed by atoms with Crippen molar-refractivity contribution in [2.24, 2.45) is 0 Å². The third kappa shape index (κ3) is 4.23. The van der Waals surface area contributed by atoms with Gasteiger partial charge in [0.25, 0.3) is 11.7 Å². The minimum Gasteiger partial charge on any atom is -0.507 e. The molecule has 2 heterocycles. The number of carbonyl (C=O) groups is 2. The molecular weight excluding hydrogens is 438 g/mol. The summed E-state index contributed by atoms with van der Waals surface area (Å²) in [4.78, 5) is 28.1. The highest BCUT2D eigenvalue weighted by atomic mass is 16.5. The van der Waals surface area contributed by atoms with Gasteiger partial charge in [-0.15, -0.1) is 0 Å². The molecule has 1 amide bonds. The second-order valence-corrected chi connectivity index (χ2v) is 9.69. The minimum absolute atomic E-state index is 0.0679. The number of nitrogens with zero attached hydrogens (tertiary/aromatic N) is 1. The lowest BCUT2D eigenvalue weighted by Crippen LogP contribution is -2.29. The smallest absolute Gasteiger partial charge is 0.295 e. The standard InChI is InChI=1S/C30H29NO4/c1-18(2)21-9-11-22(12-10-21)27-26(28(32)23-13-14-25-24(16-23)15-19(3)35-25)29(33)30(34)31(27)17-20-7-5-4-6-8-20/h4-14,16,18-19,27,32H,15,17H2,1-3H3/b28-26+/t19-,27-/m1/s1. The second kappa shape index (κ2) is 9.06. The first-order valence-corrected chi connectivity index (χ1v) is 12.1. The monoisotopic (exact) mass is 467 g/mol. The molecule has 0 aromatic heterocycles. The maximum Gasteiger partial charge on any atom is 0.295 e. The highest BCUT2D eigenvalue weighted by Gasteiger charge is 2.46. The van der Waals surface area contributed by atoms with Crippen LogP contribution in [-0.4, -0.2) is 27.8 Å². The molecule has 5 rings (SSSR count). The number of hydrogen-bond acceptors (Lipinski definition) is 4. The van der Waals surface area contributed by atoms with E-state index in [4.69, 9.17) is 4.74 Å². The van der Waals surface area contributed by atoms with Gasteiger partial charge in [0.2, 0.25) is 0 Å². The number of benzene rings is 3. The zero-order chi connectivity index (χ0) is 24.7. The van der Waals surface area contributed by atoms with E-state index in [9.17, 15) is 14.7 Å². The van der Waals surface area contributed by atoms with Crippen LogP contribution < -0.4 is 4.74 Å². The summed E-state index contributed by atoms with van der Waals surface area (Å²) in [5.74, 6) is -0.276. The Hall–Kier alpha value is -3.86. The molecule has 0 aliphatic carbocycles. The van der Waals surface area contributed by atoms with Crippen molar-refractivity contribution < 1.29 is 19.4 Å². The molecule has 0 radical (unpaired) electrons. The molecule has 5 nitrogen and oxygen atoms in total. The van der Waals surface area contributed by atoms with Gasteiger partial charge in [-0.25, -0.2) is 0 Å². The van der Waals surface area contributed by atoms with Crippen molar-refractivity contribution in [1.29, 1.82) is 0 Å². The molecule has 3 aromatic rings. The van der Waals surface area contributed by atoms with Crippen LogP contribution in [0, 0.1) is 0 Å². The van der Waals surface area contributed by atoms with E-state index in [1.54, 1.807) is 11.0 Å². The first-order valence-electron chi connectivity index (χ1n) is 12.1. The van der Waals surface area contributed by atoms with Gasteiger partial charge < -0.3 is 14.7 Å². The van der Waals surface area contributed by atoms with Crippen LogP contribution in [0.5, 0.6) is 5.75 Å². The lowest BCUT2D eigenvalue weighted by Gasteiger charge is -2.26. The summed E-state index contributed by atoms with van der Waals surface area (Å²) in [5, 5.41) is 11.4. The molecule has 3 aromatic carbocycles. The highest BCUT2D eigenvalue weighted by Crippen LogP contribution is 2.41. The first kappa shape index (κ1) is 22.9. The zero-order valence-corrected chi connectivity index (χ0v) is 20.2. The molecule has 0 saturated carbocycles. The Morgan fingerprint density at radius 3 is 2.43 bits per heavy atom. The summed E-state index contributed by atoms with van der Waals surface area (Å²) in [6.07, 6.45) is 0.803. The average Bonchev–Trinajstić information content (AvgIpc) is 3.35. The number of fused-ring (bicyclic) bond motifs is 1. The van der Waals surface area contributed by atoms with E-state index in [2.05, 4.69) is 13.8 Å². The van der Waals surface area contributed by atoms with Gasteiger partial charge in [-0.3, -0.25) is 9.59 Å². The average molecular weight is 468 g/mol. The van der Waals surface area contributed by atoms with Gasteiger partial charge in [0.15, 0.2) is 0 Å².